The maximum atomic E-state index is 11.4. The molecule has 2 atom stereocenters. The molecule has 0 unspecified atom stereocenters. The number of fused-ring (bicyclic) bond motifs is 1. The number of carbonyl (C=O) groups is 2. The average molecular weight is 196 g/mol. The van der Waals surface area contributed by atoms with E-state index < -0.39 is 11.9 Å². The molecule has 0 spiro atoms. The van der Waals surface area contributed by atoms with E-state index in [2.05, 4.69) is 0 Å². The Kier molecular flexibility index (Phi) is 2.06. The SMILES string of the molecule is CC1=C2C(=O)OC[C@@H](C(=O)O)[C@H]2CC1. The molecule has 76 valence electrons. The zero-order chi connectivity index (χ0) is 10.3. The molecule has 1 N–H and O–H groups in total. The third kappa shape index (κ3) is 1.22. The topological polar surface area (TPSA) is 63.6 Å². The lowest BCUT2D eigenvalue weighted by Gasteiger charge is -2.26. The Morgan fingerprint density at radius 3 is 2.93 bits per heavy atom. The van der Waals surface area contributed by atoms with Crippen molar-refractivity contribution in [2.75, 3.05) is 6.61 Å². The standard InChI is InChI=1S/C10H12O4/c1-5-2-3-6-7(9(11)12)4-14-10(13)8(5)6/h6-7H,2-4H2,1H3,(H,11,12)/t6-,7-/m1/s1. The van der Waals surface area contributed by atoms with E-state index in [1.54, 1.807) is 0 Å². The minimum absolute atomic E-state index is 0.0234. The fourth-order valence-corrected chi connectivity index (χ4v) is 2.30. The maximum Gasteiger partial charge on any atom is 0.334 e. The van der Waals surface area contributed by atoms with Crippen LogP contribution >= 0.6 is 0 Å². The summed E-state index contributed by atoms with van der Waals surface area (Å²) >= 11 is 0. The van der Waals surface area contributed by atoms with Gasteiger partial charge in [0, 0.05) is 11.5 Å². The lowest BCUT2D eigenvalue weighted by Crippen LogP contribution is -2.36. The molecule has 0 aromatic rings. The van der Waals surface area contributed by atoms with Crippen molar-refractivity contribution in [3.63, 3.8) is 0 Å². The summed E-state index contributed by atoms with van der Waals surface area (Å²) in [4.78, 5) is 22.3. The van der Waals surface area contributed by atoms with Crippen molar-refractivity contribution < 1.29 is 19.4 Å². The van der Waals surface area contributed by atoms with Gasteiger partial charge in [0.15, 0.2) is 0 Å². The van der Waals surface area contributed by atoms with Crippen molar-refractivity contribution in [2.24, 2.45) is 11.8 Å². The molecular formula is C10H12O4. The van der Waals surface area contributed by atoms with Crippen LogP contribution in [0.4, 0.5) is 0 Å². The highest BCUT2D eigenvalue weighted by Gasteiger charge is 2.43. The number of carboxylic acid groups (broad SMARTS) is 1. The second-order valence-corrected chi connectivity index (χ2v) is 3.88. The normalized spacial score (nSPS) is 31.4. The van der Waals surface area contributed by atoms with Crippen LogP contribution in [0.25, 0.3) is 0 Å². The molecule has 0 amide bonds. The van der Waals surface area contributed by atoms with E-state index in [0.29, 0.717) is 5.57 Å². The molecule has 4 heteroatoms. The monoisotopic (exact) mass is 196 g/mol. The molecule has 1 fully saturated rings. The number of aliphatic carboxylic acids is 1. The first-order valence-corrected chi connectivity index (χ1v) is 4.71. The Labute approximate surface area is 81.6 Å². The molecule has 0 bridgehead atoms. The van der Waals surface area contributed by atoms with Gasteiger partial charge in [-0.15, -0.1) is 0 Å². The number of allylic oxidation sites excluding steroid dienone is 1. The Hall–Kier alpha value is -1.32. The number of carboxylic acids is 1. The molecule has 0 saturated carbocycles. The van der Waals surface area contributed by atoms with Crippen LogP contribution in [0.5, 0.6) is 0 Å². The van der Waals surface area contributed by atoms with Gasteiger partial charge in [-0.25, -0.2) is 4.79 Å². The molecule has 2 aliphatic rings. The zero-order valence-electron chi connectivity index (χ0n) is 7.95. The predicted molar refractivity (Wildman–Crippen MR) is 47.5 cm³/mol. The summed E-state index contributed by atoms with van der Waals surface area (Å²) in [6.45, 7) is 1.90. The van der Waals surface area contributed by atoms with Gasteiger partial charge in [-0.1, -0.05) is 5.57 Å². The molecule has 1 heterocycles. The molecule has 2 rings (SSSR count). The van der Waals surface area contributed by atoms with Crippen LogP contribution in [0.15, 0.2) is 11.1 Å². The van der Waals surface area contributed by atoms with Crippen LogP contribution in [0.2, 0.25) is 0 Å². The number of carbonyl (C=O) groups excluding carboxylic acids is 1. The minimum Gasteiger partial charge on any atom is -0.481 e. The second-order valence-electron chi connectivity index (χ2n) is 3.88. The van der Waals surface area contributed by atoms with E-state index in [4.69, 9.17) is 9.84 Å². The highest BCUT2D eigenvalue weighted by molar-refractivity contribution is 5.93. The molecule has 4 nitrogen and oxygen atoms in total. The molecule has 0 radical (unpaired) electrons. The summed E-state index contributed by atoms with van der Waals surface area (Å²) in [5, 5.41) is 8.94. The van der Waals surface area contributed by atoms with Gasteiger partial charge in [0.1, 0.15) is 6.61 Å². The molecule has 1 aliphatic heterocycles. The van der Waals surface area contributed by atoms with Crippen LogP contribution in [0.3, 0.4) is 0 Å². The second kappa shape index (κ2) is 3.12. The molecule has 1 saturated heterocycles. The summed E-state index contributed by atoms with van der Waals surface area (Å²) < 4.78 is 4.86. The van der Waals surface area contributed by atoms with Gasteiger partial charge in [-0.2, -0.15) is 0 Å². The first kappa shape index (κ1) is 9.24. The molecule has 14 heavy (non-hydrogen) atoms. The largest absolute Gasteiger partial charge is 0.481 e. The summed E-state index contributed by atoms with van der Waals surface area (Å²) in [6.07, 6.45) is 1.59. The average Bonchev–Trinajstić information content (AvgIpc) is 2.49. The van der Waals surface area contributed by atoms with E-state index in [0.717, 1.165) is 18.4 Å². The van der Waals surface area contributed by atoms with E-state index in [-0.39, 0.29) is 18.5 Å². The van der Waals surface area contributed by atoms with Crippen molar-refractivity contribution in [3.8, 4) is 0 Å². The lowest BCUT2D eigenvalue weighted by atomic mass is 9.85. The Morgan fingerprint density at radius 1 is 1.57 bits per heavy atom. The van der Waals surface area contributed by atoms with Crippen LogP contribution in [0, 0.1) is 11.8 Å². The first-order chi connectivity index (χ1) is 6.61. The smallest absolute Gasteiger partial charge is 0.334 e. The predicted octanol–water partition coefficient (Wildman–Crippen LogP) is 0.970. The summed E-state index contributed by atoms with van der Waals surface area (Å²) in [7, 11) is 0. The first-order valence-electron chi connectivity index (χ1n) is 4.71. The van der Waals surface area contributed by atoms with Gasteiger partial charge in [0.25, 0.3) is 0 Å². The lowest BCUT2D eigenvalue weighted by molar-refractivity contribution is -0.155. The van der Waals surface area contributed by atoms with E-state index in [1.807, 2.05) is 6.92 Å². The molecule has 0 aromatic carbocycles. The van der Waals surface area contributed by atoms with Crippen LogP contribution in [-0.2, 0) is 14.3 Å². The van der Waals surface area contributed by atoms with Crippen LogP contribution in [-0.4, -0.2) is 23.7 Å². The molecular weight excluding hydrogens is 184 g/mol. The van der Waals surface area contributed by atoms with Crippen molar-refractivity contribution in [1.29, 1.82) is 0 Å². The highest BCUT2D eigenvalue weighted by Crippen LogP contribution is 2.40. The van der Waals surface area contributed by atoms with E-state index >= 15 is 0 Å². The third-order valence-corrected chi connectivity index (χ3v) is 3.08. The Morgan fingerprint density at radius 2 is 2.29 bits per heavy atom. The Balaban J connectivity index is 2.32. The number of hydrogen-bond donors (Lipinski definition) is 1. The van der Waals surface area contributed by atoms with Gasteiger partial charge in [0.2, 0.25) is 0 Å². The van der Waals surface area contributed by atoms with Crippen LogP contribution in [0.1, 0.15) is 19.8 Å². The third-order valence-electron chi connectivity index (χ3n) is 3.08. The number of esters is 1. The highest BCUT2D eigenvalue weighted by atomic mass is 16.5. The zero-order valence-corrected chi connectivity index (χ0v) is 7.95. The van der Waals surface area contributed by atoms with Gasteiger partial charge >= 0.3 is 11.9 Å². The van der Waals surface area contributed by atoms with Gasteiger partial charge in [0.05, 0.1) is 5.92 Å². The minimum atomic E-state index is -0.866. The summed E-state index contributed by atoms with van der Waals surface area (Å²) in [6, 6.07) is 0. The van der Waals surface area contributed by atoms with Crippen molar-refractivity contribution in [1.82, 2.24) is 0 Å². The van der Waals surface area contributed by atoms with E-state index in [9.17, 15) is 9.59 Å². The number of ether oxygens (including phenoxy) is 1. The summed E-state index contributed by atoms with van der Waals surface area (Å²) in [5.41, 5.74) is 1.61. The fraction of sp³-hybridized carbons (Fsp3) is 0.600. The van der Waals surface area contributed by atoms with E-state index in [1.165, 1.54) is 0 Å². The Bertz CT molecular complexity index is 329. The van der Waals surface area contributed by atoms with Crippen molar-refractivity contribution in [3.05, 3.63) is 11.1 Å². The molecule has 0 aromatic heterocycles. The maximum absolute atomic E-state index is 11.4. The number of cyclic esters (lactones) is 1. The number of rotatable bonds is 1. The van der Waals surface area contributed by atoms with Crippen molar-refractivity contribution in [2.45, 2.75) is 19.8 Å². The van der Waals surface area contributed by atoms with Gasteiger partial charge in [-0.05, 0) is 19.8 Å². The quantitative estimate of drug-likeness (QED) is 0.635. The van der Waals surface area contributed by atoms with Crippen LogP contribution < -0.4 is 0 Å². The van der Waals surface area contributed by atoms with Gasteiger partial charge < -0.3 is 9.84 Å². The van der Waals surface area contributed by atoms with Gasteiger partial charge in [-0.3, -0.25) is 4.79 Å². The number of hydrogen-bond acceptors (Lipinski definition) is 3. The summed E-state index contributed by atoms with van der Waals surface area (Å²) in [5.74, 6) is -1.84. The van der Waals surface area contributed by atoms with Crippen molar-refractivity contribution >= 4 is 11.9 Å². The molecule has 1 aliphatic carbocycles. The fourth-order valence-electron chi connectivity index (χ4n) is 2.30.